The maximum Gasteiger partial charge on any atom is 0.265 e. The summed E-state index contributed by atoms with van der Waals surface area (Å²) in [4.78, 5) is 31.1. The third-order valence-corrected chi connectivity index (χ3v) is 4.69. The molecule has 1 radical (unpaired) electrons. The van der Waals surface area contributed by atoms with Crippen LogP contribution in [0.2, 0.25) is 0 Å². The number of aromatic amines is 2. The highest BCUT2D eigenvalue weighted by atomic mass is 19.1. The largest absolute Gasteiger partial charge is 0.364 e. The minimum Gasteiger partial charge on any atom is -0.364 e. The molecular weight excluding hydrogens is 335 g/mol. The zero-order valence-electron chi connectivity index (χ0n) is 14.0. The summed E-state index contributed by atoms with van der Waals surface area (Å²) in [6, 6.07) is 12.0. The van der Waals surface area contributed by atoms with Crippen molar-refractivity contribution in [2.24, 2.45) is 5.73 Å². The normalized spacial score (nSPS) is 17.8. The third kappa shape index (κ3) is 3.13. The number of alkyl halides is 1. The molecule has 1 aromatic carbocycles. The van der Waals surface area contributed by atoms with Crippen LogP contribution < -0.4 is 11.3 Å². The summed E-state index contributed by atoms with van der Waals surface area (Å²) in [5, 5.41) is 0.965. The van der Waals surface area contributed by atoms with Crippen LogP contribution in [0, 0.1) is 6.07 Å². The van der Waals surface area contributed by atoms with E-state index < -0.39 is 17.6 Å². The van der Waals surface area contributed by atoms with E-state index in [2.05, 4.69) is 20.9 Å². The van der Waals surface area contributed by atoms with Gasteiger partial charge in [0.15, 0.2) is 0 Å². The summed E-state index contributed by atoms with van der Waals surface area (Å²) in [6.45, 7) is 1.96. The van der Waals surface area contributed by atoms with Crippen molar-refractivity contribution in [3.8, 4) is 11.3 Å². The average molecular weight is 353 g/mol. The lowest BCUT2D eigenvalue weighted by molar-refractivity contribution is 0.0995. The van der Waals surface area contributed by atoms with Gasteiger partial charge in [-0.2, -0.15) is 0 Å². The number of primary amides is 1. The Morgan fingerprint density at radius 3 is 2.88 bits per heavy atom. The number of hydrogen-bond acceptors (Lipinski definition) is 3. The first-order valence-electron chi connectivity index (χ1n) is 8.43. The van der Waals surface area contributed by atoms with Crippen LogP contribution in [0.5, 0.6) is 0 Å². The molecule has 3 heterocycles. The minimum atomic E-state index is -0.732. The first kappa shape index (κ1) is 16.5. The van der Waals surface area contributed by atoms with E-state index in [1.807, 2.05) is 24.3 Å². The summed E-state index contributed by atoms with van der Waals surface area (Å²) in [7, 11) is 0. The Kier molecular flexibility index (Phi) is 4.08. The molecule has 1 aliphatic heterocycles. The highest BCUT2D eigenvalue weighted by Gasteiger charge is 2.21. The molecule has 1 fully saturated rings. The van der Waals surface area contributed by atoms with E-state index in [1.54, 1.807) is 0 Å². The van der Waals surface area contributed by atoms with Crippen LogP contribution in [0.25, 0.3) is 22.2 Å². The van der Waals surface area contributed by atoms with E-state index in [0.29, 0.717) is 30.8 Å². The molecule has 1 saturated heterocycles. The fraction of sp³-hybridized carbons (Fsp3) is 0.263. The van der Waals surface area contributed by atoms with Gasteiger partial charge >= 0.3 is 0 Å². The zero-order valence-corrected chi connectivity index (χ0v) is 14.0. The summed E-state index contributed by atoms with van der Waals surface area (Å²) < 4.78 is 13.3. The summed E-state index contributed by atoms with van der Waals surface area (Å²) >= 11 is 0. The van der Waals surface area contributed by atoms with Gasteiger partial charge in [-0.3, -0.25) is 14.5 Å². The molecule has 1 atom stereocenters. The van der Waals surface area contributed by atoms with E-state index >= 15 is 0 Å². The standard InChI is InChI=1S/C19H18FN4O2/c20-13-5-6-24(10-13)9-11-1-3-15-12(7-11)8-17(22-15)14-2-4-16(18(21)25)23-19(14)26/h1-3,7-8,13,22H,5-6,9-10H2,(H2,21,25)(H,23,26)/t13-/m0/s1. The molecule has 1 amide bonds. The second-order valence-corrected chi connectivity index (χ2v) is 6.62. The molecule has 3 aromatic rings. The number of hydrogen-bond donors (Lipinski definition) is 3. The van der Waals surface area contributed by atoms with Crippen molar-refractivity contribution in [3.05, 3.63) is 58.0 Å². The van der Waals surface area contributed by atoms with E-state index in [0.717, 1.165) is 23.0 Å². The number of nitrogens with one attached hydrogen (secondary N) is 2. The van der Waals surface area contributed by atoms with Gasteiger partial charge in [-0.1, -0.05) is 6.07 Å². The van der Waals surface area contributed by atoms with Crippen LogP contribution in [0.15, 0.2) is 35.1 Å². The molecule has 133 valence electrons. The Hall–Kier alpha value is -2.93. The maximum atomic E-state index is 13.3. The smallest absolute Gasteiger partial charge is 0.265 e. The summed E-state index contributed by atoms with van der Waals surface area (Å²) in [5.41, 5.74) is 7.71. The molecule has 7 heteroatoms. The molecule has 0 spiro atoms. The van der Waals surface area contributed by atoms with Crippen molar-refractivity contribution in [1.82, 2.24) is 14.9 Å². The van der Waals surface area contributed by atoms with Gasteiger partial charge in [-0.25, -0.2) is 4.39 Å². The Balaban J connectivity index is 1.63. The van der Waals surface area contributed by atoms with E-state index in [1.165, 1.54) is 6.07 Å². The molecule has 0 aliphatic carbocycles. The van der Waals surface area contributed by atoms with Gasteiger partial charge in [0.25, 0.3) is 11.5 Å². The number of carbonyl (C=O) groups is 1. The lowest BCUT2D eigenvalue weighted by Crippen LogP contribution is -2.20. The fourth-order valence-corrected chi connectivity index (χ4v) is 3.37. The van der Waals surface area contributed by atoms with Crippen molar-refractivity contribution in [1.29, 1.82) is 0 Å². The maximum absolute atomic E-state index is 13.3. The number of H-pyrrole nitrogens is 2. The lowest BCUT2D eigenvalue weighted by Gasteiger charge is -2.14. The number of halogens is 1. The fourth-order valence-electron chi connectivity index (χ4n) is 3.37. The molecule has 4 rings (SSSR count). The van der Waals surface area contributed by atoms with Gasteiger partial charge in [0, 0.05) is 36.6 Å². The molecule has 4 N–H and O–H groups in total. The number of amides is 1. The van der Waals surface area contributed by atoms with Gasteiger partial charge in [0.2, 0.25) is 0 Å². The van der Waals surface area contributed by atoms with Gasteiger partial charge in [0.05, 0.1) is 11.3 Å². The SMILES string of the molecule is NC(=O)c1[c]cc(-c2cc3cc(CN4CC[C@H](F)C4)ccc3[nH]2)c(=O)[nH]1. The minimum absolute atomic E-state index is 0.0473. The molecule has 1 aliphatic rings. The van der Waals surface area contributed by atoms with Crippen molar-refractivity contribution in [2.75, 3.05) is 13.1 Å². The van der Waals surface area contributed by atoms with Crippen molar-refractivity contribution < 1.29 is 9.18 Å². The van der Waals surface area contributed by atoms with Gasteiger partial charge in [-0.15, -0.1) is 0 Å². The van der Waals surface area contributed by atoms with Crippen LogP contribution in [0.3, 0.4) is 0 Å². The molecule has 2 aromatic heterocycles. The molecule has 6 nitrogen and oxygen atoms in total. The van der Waals surface area contributed by atoms with E-state index in [-0.39, 0.29) is 5.69 Å². The third-order valence-electron chi connectivity index (χ3n) is 4.69. The number of fused-ring (bicyclic) bond motifs is 1. The summed E-state index contributed by atoms with van der Waals surface area (Å²) in [5.74, 6) is -0.729. The topological polar surface area (TPSA) is 95.0 Å². The zero-order chi connectivity index (χ0) is 18.3. The van der Waals surface area contributed by atoms with Gasteiger partial charge < -0.3 is 15.7 Å². The Labute approximate surface area is 148 Å². The second-order valence-electron chi connectivity index (χ2n) is 6.62. The number of likely N-dealkylation sites (tertiary alicyclic amines) is 1. The van der Waals surface area contributed by atoms with Crippen molar-refractivity contribution >= 4 is 16.8 Å². The van der Waals surface area contributed by atoms with Crippen molar-refractivity contribution in [3.63, 3.8) is 0 Å². The van der Waals surface area contributed by atoms with Crippen molar-refractivity contribution in [2.45, 2.75) is 19.1 Å². The van der Waals surface area contributed by atoms with Crippen LogP contribution in [0.1, 0.15) is 22.5 Å². The highest BCUT2D eigenvalue weighted by molar-refractivity contribution is 5.91. The highest BCUT2D eigenvalue weighted by Crippen LogP contribution is 2.24. The number of rotatable bonds is 4. The number of nitrogens with two attached hydrogens (primary N) is 1. The lowest BCUT2D eigenvalue weighted by atomic mass is 10.1. The Morgan fingerprint density at radius 1 is 1.35 bits per heavy atom. The number of aromatic nitrogens is 2. The molecule has 0 bridgehead atoms. The van der Waals surface area contributed by atoms with Crippen LogP contribution >= 0.6 is 0 Å². The monoisotopic (exact) mass is 353 g/mol. The van der Waals surface area contributed by atoms with Gasteiger partial charge in [0.1, 0.15) is 11.9 Å². The predicted molar refractivity (Wildman–Crippen MR) is 96.5 cm³/mol. The predicted octanol–water partition coefficient (Wildman–Crippen LogP) is 1.97. The van der Waals surface area contributed by atoms with Crippen LogP contribution in [0.4, 0.5) is 4.39 Å². The molecule has 0 unspecified atom stereocenters. The first-order chi connectivity index (χ1) is 12.5. The molecule has 26 heavy (non-hydrogen) atoms. The van der Waals surface area contributed by atoms with Crippen LogP contribution in [-0.2, 0) is 6.54 Å². The number of benzene rings is 1. The Bertz CT molecular complexity index is 1040. The van der Waals surface area contributed by atoms with E-state index in [4.69, 9.17) is 5.73 Å². The Morgan fingerprint density at radius 2 is 2.19 bits per heavy atom. The van der Waals surface area contributed by atoms with E-state index in [9.17, 15) is 14.0 Å². The van der Waals surface area contributed by atoms with Crippen LogP contribution in [-0.4, -0.2) is 40.0 Å². The number of pyridine rings is 1. The first-order valence-corrected chi connectivity index (χ1v) is 8.43. The number of carbonyl (C=O) groups excluding carboxylic acids is 1. The summed E-state index contributed by atoms with van der Waals surface area (Å²) in [6.07, 6.45) is -0.138. The average Bonchev–Trinajstić information content (AvgIpc) is 3.20. The molecular formula is C19H18FN4O2. The quantitative estimate of drug-likeness (QED) is 0.669. The second kappa shape index (κ2) is 6.42. The number of nitrogens with zero attached hydrogens (tertiary/aromatic N) is 1. The molecule has 0 saturated carbocycles. The van der Waals surface area contributed by atoms with Gasteiger partial charge in [-0.05, 0) is 36.2 Å².